The highest BCUT2D eigenvalue weighted by molar-refractivity contribution is 5.74. The second-order valence-electron chi connectivity index (χ2n) is 2.64. The molecule has 68 valence electrons. The lowest BCUT2D eigenvalue weighted by molar-refractivity contribution is -0.141. The molecule has 1 fully saturated rings. The maximum Gasteiger partial charge on any atom is 0.407 e. The highest BCUT2D eigenvalue weighted by atomic mass is 16.6. The Hall–Kier alpha value is -1.26. The minimum Gasteiger partial charge on any atom is -0.469 e. The van der Waals surface area contributed by atoms with Crippen LogP contribution in [0.5, 0.6) is 0 Å². The van der Waals surface area contributed by atoms with Gasteiger partial charge in [0.05, 0.1) is 19.6 Å². The van der Waals surface area contributed by atoms with Gasteiger partial charge in [0.15, 0.2) is 0 Å². The highest BCUT2D eigenvalue weighted by Gasteiger charge is 2.32. The maximum atomic E-state index is 10.8. The number of amides is 1. The van der Waals surface area contributed by atoms with Crippen molar-refractivity contribution in [1.82, 2.24) is 5.32 Å². The second-order valence-corrected chi connectivity index (χ2v) is 2.64. The first-order valence-corrected chi connectivity index (χ1v) is 3.67. The summed E-state index contributed by atoms with van der Waals surface area (Å²) in [6, 6.07) is -0.259. The van der Waals surface area contributed by atoms with Crippen molar-refractivity contribution >= 4 is 12.1 Å². The van der Waals surface area contributed by atoms with Crippen molar-refractivity contribution in [2.24, 2.45) is 0 Å². The summed E-state index contributed by atoms with van der Waals surface area (Å²) < 4.78 is 9.21. The van der Waals surface area contributed by atoms with E-state index < -0.39 is 6.09 Å². The molecule has 0 radical (unpaired) electrons. The molecule has 0 aromatic rings. The molecule has 1 N–H and O–H groups in total. The standard InChI is InChI=1S/C7H11NO4/c1-4-5(3-6(9)11-2)8-7(10)12-4/h4-5H,3H2,1-2H3,(H,8,10)/t4-,5+/m1/s1. The molecule has 1 aliphatic rings. The Kier molecular flexibility index (Phi) is 2.52. The summed E-state index contributed by atoms with van der Waals surface area (Å²) in [5, 5.41) is 2.51. The van der Waals surface area contributed by atoms with Crippen molar-refractivity contribution in [2.45, 2.75) is 25.5 Å². The van der Waals surface area contributed by atoms with Crippen LogP contribution in [0, 0.1) is 0 Å². The molecule has 0 saturated carbocycles. The summed E-state index contributed by atoms with van der Waals surface area (Å²) in [4.78, 5) is 21.4. The van der Waals surface area contributed by atoms with Crippen LogP contribution in [0.3, 0.4) is 0 Å². The fourth-order valence-electron chi connectivity index (χ4n) is 1.03. The lowest BCUT2D eigenvalue weighted by Crippen LogP contribution is -2.32. The number of alkyl carbamates (subject to hydrolysis) is 1. The third-order valence-electron chi connectivity index (χ3n) is 1.78. The van der Waals surface area contributed by atoms with Gasteiger partial charge in [-0.15, -0.1) is 0 Å². The Balaban J connectivity index is 2.42. The zero-order valence-electron chi connectivity index (χ0n) is 6.99. The van der Waals surface area contributed by atoms with E-state index in [1.54, 1.807) is 6.92 Å². The van der Waals surface area contributed by atoms with Crippen LogP contribution in [-0.4, -0.2) is 31.3 Å². The van der Waals surface area contributed by atoms with Gasteiger partial charge in [-0.1, -0.05) is 0 Å². The van der Waals surface area contributed by atoms with Crippen LogP contribution in [0.25, 0.3) is 0 Å². The van der Waals surface area contributed by atoms with E-state index in [0.29, 0.717) is 0 Å². The van der Waals surface area contributed by atoms with E-state index in [1.165, 1.54) is 7.11 Å². The van der Waals surface area contributed by atoms with Crippen molar-refractivity contribution < 1.29 is 19.1 Å². The van der Waals surface area contributed by atoms with Crippen LogP contribution in [-0.2, 0) is 14.3 Å². The smallest absolute Gasteiger partial charge is 0.407 e. The van der Waals surface area contributed by atoms with Gasteiger partial charge in [0.25, 0.3) is 0 Å². The minimum atomic E-state index is -0.476. The summed E-state index contributed by atoms with van der Waals surface area (Å²) >= 11 is 0. The molecule has 2 atom stereocenters. The first kappa shape index (κ1) is 8.83. The molecule has 12 heavy (non-hydrogen) atoms. The molecule has 0 spiro atoms. The Morgan fingerprint density at radius 2 is 2.42 bits per heavy atom. The third-order valence-corrected chi connectivity index (χ3v) is 1.78. The largest absolute Gasteiger partial charge is 0.469 e. The number of nitrogens with one attached hydrogen (secondary N) is 1. The molecule has 1 rings (SSSR count). The average Bonchev–Trinajstić information content (AvgIpc) is 2.30. The van der Waals surface area contributed by atoms with Crippen LogP contribution in [0.15, 0.2) is 0 Å². The number of carbonyl (C=O) groups is 2. The van der Waals surface area contributed by atoms with E-state index in [-0.39, 0.29) is 24.5 Å². The van der Waals surface area contributed by atoms with Crippen LogP contribution in [0.2, 0.25) is 0 Å². The Labute approximate surface area is 70.0 Å². The number of hydrogen-bond acceptors (Lipinski definition) is 4. The van der Waals surface area contributed by atoms with Gasteiger partial charge >= 0.3 is 12.1 Å². The maximum absolute atomic E-state index is 10.8. The Morgan fingerprint density at radius 1 is 1.75 bits per heavy atom. The fraction of sp³-hybridized carbons (Fsp3) is 0.714. The molecule has 0 aromatic carbocycles. The molecular weight excluding hydrogens is 162 g/mol. The second kappa shape index (κ2) is 3.42. The van der Waals surface area contributed by atoms with Crippen LogP contribution >= 0.6 is 0 Å². The quantitative estimate of drug-likeness (QED) is 0.599. The molecule has 1 heterocycles. The third kappa shape index (κ3) is 1.87. The van der Waals surface area contributed by atoms with Gasteiger partial charge in [-0.2, -0.15) is 0 Å². The number of rotatable bonds is 2. The number of esters is 1. The van der Waals surface area contributed by atoms with E-state index in [9.17, 15) is 9.59 Å². The van der Waals surface area contributed by atoms with Crippen LogP contribution < -0.4 is 5.32 Å². The van der Waals surface area contributed by atoms with E-state index in [0.717, 1.165) is 0 Å². The lowest BCUT2D eigenvalue weighted by Gasteiger charge is -2.09. The van der Waals surface area contributed by atoms with Gasteiger partial charge in [0.2, 0.25) is 0 Å². The van der Waals surface area contributed by atoms with E-state index in [2.05, 4.69) is 10.1 Å². The Morgan fingerprint density at radius 3 is 2.83 bits per heavy atom. The van der Waals surface area contributed by atoms with Crippen molar-refractivity contribution in [2.75, 3.05) is 7.11 Å². The number of hydrogen-bond donors (Lipinski definition) is 1. The number of carbonyl (C=O) groups excluding carboxylic acids is 2. The van der Waals surface area contributed by atoms with Crippen LogP contribution in [0.1, 0.15) is 13.3 Å². The summed E-state index contributed by atoms with van der Waals surface area (Å²) in [6.45, 7) is 1.73. The predicted molar refractivity (Wildman–Crippen MR) is 39.5 cm³/mol. The summed E-state index contributed by atoms with van der Waals surface area (Å²) in [5.41, 5.74) is 0. The average molecular weight is 173 g/mol. The minimum absolute atomic E-state index is 0.156. The van der Waals surface area contributed by atoms with Gasteiger partial charge < -0.3 is 14.8 Å². The summed E-state index contributed by atoms with van der Waals surface area (Å²) in [7, 11) is 1.31. The molecule has 0 unspecified atom stereocenters. The van der Waals surface area contributed by atoms with Crippen molar-refractivity contribution in [3.05, 3.63) is 0 Å². The molecular formula is C7H11NO4. The van der Waals surface area contributed by atoms with Gasteiger partial charge in [-0.05, 0) is 6.92 Å². The van der Waals surface area contributed by atoms with Gasteiger partial charge in [0, 0.05) is 0 Å². The number of cyclic esters (lactones) is 1. The first-order chi connectivity index (χ1) is 5.63. The molecule has 0 aliphatic carbocycles. The topological polar surface area (TPSA) is 64.6 Å². The van der Waals surface area contributed by atoms with Gasteiger partial charge in [0.1, 0.15) is 6.10 Å². The normalized spacial score (nSPS) is 27.7. The van der Waals surface area contributed by atoms with Crippen molar-refractivity contribution in [3.63, 3.8) is 0 Å². The molecule has 5 nitrogen and oxygen atoms in total. The molecule has 0 bridgehead atoms. The monoisotopic (exact) mass is 173 g/mol. The molecule has 0 aromatic heterocycles. The molecule has 5 heteroatoms. The summed E-state index contributed by atoms with van der Waals surface area (Å²) in [6.07, 6.45) is -0.586. The fourth-order valence-corrected chi connectivity index (χ4v) is 1.03. The molecule has 1 saturated heterocycles. The predicted octanol–water partition coefficient (Wildman–Crippen LogP) is 0.0464. The van der Waals surface area contributed by atoms with E-state index in [1.807, 2.05) is 0 Å². The van der Waals surface area contributed by atoms with Gasteiger partial charge in [-0.3, -0.25) is 4.79 Å². The molecule has 1 amide bonds. The van der Waals surface area contributed by atoms with E-state index >= 15 is 0 Å². The zero-order valence-corrected chi connectivity index (χ0v) is 6.99. The SMILES string of the molecule is COC(=O)C[C@@H]1NC(=O)O[C@@H]1C. The van der Waals surface area contributed by atoms with E-state index in [4.69, 9.17) is 4.74 Å². The van der Waals surface area contributed by atoms with Crippen LogP contribution in [0.4, 0.5) is 4.79 Å². The van der Waals surface area contributed by atoms with Crippen molar-refractivity contribution in [1.29, 1.82) is 0 Å². The lowest BCUT2D eigenvalue weighted by atomic mass is 10.1. The number of methoxy groups -OCH3 is 1. The first-order valence-electron chi connectivity index (χ1n) is 3.67. The summed E-state index contributed by atoms with van der Waals surface area (Å²) in [5.74, 6) is -0.349. The molecule has 1 aliphatic heterocycles. The van der Waals surface area contributed by atoms with Gasteiger partial charge in [-0.25, -0.2) is 4.79 Å². The van der Waals surface area contributed by atoms with Crippen molar-refractivity contribution in [3.8, 4) is 0 Å². The highest BCUT2D eigenvalue weighted by Crippen LogP contribution is 2.11. The zero-order chi connectivity index (χ0) is 9.14. The number of ether oxygens (including phenoxy) is 2. The Bertz CT molecular complexity index is 204.